The largest absolute Gasteiger partial charge is 0.313 e. The Morgan fingerprint density at radius 2 is 1.83 bits per heavy atom. The van der Waals surface area contributed by atoms with E-state index in [0.717, 1.165) is 30.3 Å². The van der Waals surface area contributed by atoms with Gasteiger partial charge in [0, 0.05) is 12.6 Å². The van der Waals surface area contributed by atoms with Gasteiger partial charge in [0.05, 0.1) is 0 Å². The molecule has 0 spiro atoms. The van der Waals surface area contributed by atoms with Crippen molar-refractivity contribution in [3.05, 3.63) is 0 Å². The topological polar surface area (TPSA) is 15.3 Å². The van der Waals surface area contributed by atoms with E-state index in [1.807, 2.05) is 0 Å². The molecule has 0 radical (unpaired) electrons. The Morgan fingerprint density at radius 1 is 1.06 bits per heavy atom. The molecule has 0 bridgehead atoms. The Bertz CT molecular complexity index is 235. The maximum absolute atomic E-state index is 3.70. The van der Waals surface area contributed by atoms with Crippen molar-refractivity contribution >= 4 is 0 Å². The number of likely N-dealkylation sites (N-methyl/N-ethyl adjacent to an activating group) is 1. The fraction of sp³-hybridized carbons (Fsp3) is 1.00. The van der Waals surface area contributed by atoms with Gasteiger partial charge in [-0.15, -0.1) is 0 Å². The first kappa shape index (κ1) is 14.3. The third-order valence-electron chi connectivity index (χ3n) is 4.92. The molecule has 1 saturated carbocycles. The van der Waals surface area contributed by atoms with Crippen LogP contribution in [0.2, 0.25) is 0 Å². The third kappa shape index (κ3) is 4.24. The number of hydrogen-bond acceptors (Lipinski definition) is 2. The molecular formula is C16H32N2. The third-order valence-corrected chi connectivity index (χ3v) is 4.92. The Balaban J connectivity index is 1.78. The molecule has 0 aromatic heterocycles. The molecule has 1 aliphatic heterocycles. The number of likely N-dealkylation sites (tertiary alicyclic amines) is 1. The van der Waals surface area contributed by atoms with E-state index in [4.69, 9.17) is 0 Å². The number of nitrogens with one attached hydrogen (secondary N) is 1. The number of nitrogens with zero attached hydrogens (tertiary/aromatic N) is 1. The van der Waals surface area contributed by atoms with Crippen LogP contribution in [0, 0.1) is 17.8 Å². The van der Waals surface area contributed by atoms with Crippen molar-refractivity contribution in [2.45, 2.75) is 58.9 Å². The standard InChI is InChI=1S/C16H32N2/c1-4-17-16(15-7-8-15)12-18-10-5-6-14(9-11-18)13(2)3/h13-17H,4-12H2,1-3H3. The molecule has 2 aliphatic rings. The van der Waals surface area contributed by atoms with Crippen LogP contribution in [-0.4, -0.2) is 37.1 Å². The van der Waals surface area contributed by atoms with E-state index in [1.54, 1.807) is 0 Å². The van der Waals surface area contributed by atoms with Gasteiger partial charge in [-0.2, -0.15) is 0 Å². The van der Waals surface area contributed by atoms with Gasteiger partial charge in [-0.05, 0) is 69.5 Å². The Kier molecular flexibility index (Phi) is 5.50. The van der Waals surface area contributed by atoms with Crippen molar-refractivity contribution in [3.63, 3.8) is 0 Å². The van der Waals surface area contributed by atoms with Gasteiger partial charge in [0.15, 0.2) is 0 Å². The van der Waals surface area contributed by atoms with Crippen molar-refractivity contribution in [1.29, 1.82) is 0 Å². The van der Waals surface area contributed by atoms with Gasteiger partial charge in [0.1, 0.15) is 0 Å². The second-order valence-corrected chi connectivity index (χ2v) is 6.74. The predicted molar refractivity (Wildman–Crippen MR) is 78.8 cm³/mol. The molecule has 0 aromatic rings. The molecule has 1 saturated heterocycles. The van der Waals surface area contributed by atoms with E-state index < -0.39 is 0 Å². The molecule has 2 unspecified atom stereocenters. The van der Waals surface area contributed by atoms with Crippen LogP contribution in [0.4, 0.5) is 0 Å². The van der Waals surface area contributed by atoms with Crippen LogP contribution in [0.25, 0.3) is 0 Å². The van der Waals surface area contributed by atoms with Crippen molar-refractivity contribution in [2.75, 3.05) is 26.2 Å². The predicted octanol–water partition coefficient (Wildman–Crippen LogP) is 3.13. The Hall–Kier alpha value is -0.0800. The first-order valence-corrected chi connectivity index (χ1v) is 8.16. The summed E-state index contributed by atoms with van der Waals surface area (Å²) in [6, 6.07) is 0.769. The lowest BCUT2D eigenvalue weighted by Gasteiger charge is -2.27. The lowest BCUT2D eigenvalue weighted by Crippen LogP contribution is -2.42. The normalized spacial score (nSPS) is 28.3. The lowest BCUT2D eigenvalue weighted by molar-refractivity contribution is 0.233. The van der Waals surface area contributed by atoms with E-state index in [2.05, 4.69) is 31.0 Å². The first-order valence-electron chi connectivity index (χ1n) is 8.16. The van der Waals surface area contributed by atoms with Crippen LogP contribution in [0.5, 0.6) is 0 Å². The minimum absolute atomic E-state index is 0.769. The average Bonchev–Trinajstić information content (AvgIpc) is 3.16. The van der Waals surface area contributed by atoms with Crippen molar-refractivity contribution in [2.24, 2.45) is 17.8 Å². The summed E-state index contributed by atoms with van der Waals surface area (Å²) in [6.07, 6.45) is 7.19. The highest BCUT2D eigenvalue weighted by Crippen LogP contribution is 2.33. The summed E-state index contributed by atoms with van der Waals surface area (Å²) in [5.41, 5.74) is 0. The number of rotatable bonds is 6. The molecular weight excluding hydrogens is 220 g/mol. The molecule has 0 amide bonds. The van der Waals surface area contributed by atoms with Crippen LogP contribution >= 0.6 is 0 Å². The van der Waals surface area contributed by atoms with Crippen LogP contribution in [0.3, 0.4) is 0 Å². The van der Waals surface area contributed by atoms with E-state index in [9.17, 15) is 0 Å². The van der Waals surface area contributed by atoms with E-state index in [0.29, 0.717) is 0 Å². The zero-order valence-electron chi connectivity index (χ0n) is 12.6. The Labute approximate surface area is 114 Å². The van der Waals surface area contributed by atoms with Crippen molar-refractivity contribution in [1.82, 2.24) is 10.2 Å². The minimum atomic E-state index is 0.769. The highest BCUT2D eigenvalue weighted by molar-refractivity contribution is 4.88. The zero-order chi connectivity index (χ0) is 13.0. The summed E-state index contributed by atoms with van der Waals surface area (Å²) in [4.78, 5) is 2.73. The summed E-state index contributed by atoms with van der Waals surface area (Å²) < 4.78 is 0. The molecule has 2 fully saturated rings. The van der Waals surface area contributed by atoms with Crippen LogP contribution in [-0.2, 0) is 0 Å². The van der Waals surface area contributed by atoms with Crippen molar-refractivity contribution < 1.29 is 0 Å². The lowest BCUT2D eigenvalue weighted by atomic mass is 9.89. The van der Waals surface area contributed by atoms with Crippen LogP contribution in [0.1, 0.15) is 52.9 Å². The quantitative estimate of drug-likeness (QED) is 0.781. The molecule has 2 heteroatoms. The second kappa shape index (κ2) is 6.91. The summed E-state index contributed by atoms with van der Waals surface area (Å²) >= 11 is 0. The molecule has 1 N–H and O–H groups in total. The summed E-state index contributed by atoms with van der Waals surface area (Å²) in [5, 5.41) is 3.70. The fourth-order valence-corrected chi connectivity index (χ4v) is 3.45. The zero-order valence-corrected chi connectivity index (χ0v) is 12.6. The first-order chi connectivity index (χ1) is 8.70. The SMILES string of the molecule is CCNC(CN1CCCC(C(C)C)CC1)C1CC1. The summed E-state index contributed by atoms with van der Waals surface area (Å²) in [7, 11) is 0. The van der Waals surface area contributed by atoms with E-state index >= 15 is 0 Å². The number of hydrogen-bond donors (Lipinski definition) is 1. The average molecular weight is 252 g/mol. The molecule has 106 valence electrons. The molecule has 18 heavy (non-hydrogen) atoms. The molecule has 1 heterocycles. The van der Waals surface area contributed by atoms with Crippen LogP contribution in [0.15, 0.2) is 0 Å². The second-order valence-electron chi connectivity index (χ2n) is 6.74. The maximum Gasteiger partial charge on any atom is 0.0223 e. The van der Waals surface area contributed by atoms with Crippen molar-refractivity contribution in [3.8, 4) is 0 Å². The van der Waals surface area contributed by atoms with E-state index in [-0.39, 0.29) is 0 Å². The molecule has 2 atom stereocenters. The maximum atomic E-state index is 3.70. The smallest absolute Gasteiger partial charge is 0.0223 e. The Morgan fingerprint density at radius 3 is 2.44 bits per heavy atom. The molecule has 0 aromatic carbocycles. The molecule has 2 rings (SSSR count). The highest BCUT2D eigenvalue weighted by Gasteiger charge is 2.32. The van der Waals surface area contributed by atoms with Crippen LogP contribution < -0.4 is 5.32 Å². The van der Waals surface area contributed by atoms with Gasteiger partial charge in [-0.25, -0.2) is 0 Å². The van der Waals surface area contributed by atoms with Gasteiger partial charge in [0.2, 0.25) is 0 Å². The van der Waals surface area contributed by atoms with E-state index in [1.165, 1.54) is 51.7 Å². The van der Waals surface area contributed by atoms with Gasteiger partial charge in [0.25, 0.3) is 0 Å². The minimum Gasteiger partial charge on any atom is -0.313 e. The fourth-order valence-electron chi connectivity index (χ4n) is 3.45. The molecule has 2 nitrogen and oxygen atoms in total. The van der Waals surface area contributed by atoms with Gasteiger partial charge in [-0.3, -0.25) is 0 Å². The van der Waals surface area contributed by atoms with Gasteiger partial charge < -0.3 is 10.2 Å². The highest BCUT2D eigenvalue weighted by atomic mass is 15.2. The van der Waals surface area contributed by atoms with Gasteiger partial charge in [-0.1, -0.05) is 20.8 Å². The summed E-state index contributed by atoms with van der Waals surface area (Å²) in [6.45, 7) is 12.1. The monoisotopic (exact) mass is 252 g/mol. The molecule has 1 aliphatic carbocycles. The van der Waals surface area contributed by atoms with Gasteiger partial charge >= 0.3 is 0 Å². The summed E-state index contributed by atoms with van der Waals surface area (Å²) in [5.74, 6) is 2.82.